The van der Waals surface area contributed by atoms with Gasteiger partial charge >= 0.3 is 6.18 Å². The lowest BCUT2D eigenvalue weighted by Gasteiger charge is -2.18. The third-order valence-electron chi connectivity index (χ3n) is 3.13. The van der Waals surface area contributed by atoms with Crippen molar-refractivity contribution in [3.63, 3.8) is 0 Å². The number of nitrogens with two attached hydrogens (primary N) is 2. The Balaban J connectivity index is 2.47. The van der Waals surface area contributed by atoms with Crippen molar-refractivity contribution in [2.45, 2.75) is 6.18 Å². The average molecular weight is 394 g/mol. The summed E-state index contributed by atoms with van der Waals surface area (Å²) in [6.07, 6.45) is -4.54. The van der Waals surface area contributed by atoms with E-state index in [0.717, 1.165) is 34.4 Å². The minimum atomic E-state index is -4.54. The molecule has 0 spiro atoms. The predicted octanol–water partition coefficient (Wildman–Crippen LogP) is 1.99. The molecule has 0 radical (unpaired) electrons. The SMILES string of the molecule is NC(=O)CN(CC(N)=O)C(=O)c1sc2cc(C(F)(F)F)ccc2c1Cl. The number of nitrogens with zero attached hydrogens (tertiary/aromatic N) is 1. The van der Waals surface area contributed by atoms with Gasteiger partial charge in [0.1, 0.15) is 18.0 Å². The number of primary amides is 2. The minimum Gasteiger partial charge on any atom is -0.368 e. The highest BCUT2D eigenvalue weighted by molar-refractivity contribution is 7.21. The first-order chi connectivity index (χ1) is 11.5. The fourth-order valence-corrected chi connectivity index (χ4v) is 3.62. The maximum Gasteiger partial charge on any atom is 0.416 e. The van der Waals surface area contributed by atoms with Crippen LogP contribution < -0.4 is 11.5 Å². The van der Waals surface area contributed by atoms with Gasteiger partial charge in [-0.3, -0.25) is 14.4 Å². The van der Waals surface area contributed by atoms with Crippen LogP contribution in [-0.2, 0) is 15.8 Å². The summed E-state index contributed by atoms with van der Waals surface area (Å²) < 4.78 is 38.5. The molecular weight excluding hydrogens is 383 g/mol. The van der Waals surface area contributed by atoms with Gasteiger partial charge < -0.3 is 16.4 Å². The van der Waals surface area contributed by atoms with Crippen LogP contribution in [0.15, 0.2) is 18.2 Å². The highest BCUT2D eigenvalue weighted by Crippen LogP contribution is 2.39. The quantitative estimate of drug-likeness (QED) is 0.811. The number of alkyl halides is 3. The number of rotatable bonds is 5. The zero-order chi connectivity index (χ0) is 18.9. The van der Waals surface area contributed by atoms with Gasteiger partial charge in [-0.2, -0.15) is 13.2 Å². The molecule has 134 valence electrons. The molecule has 11 heteroatoms. The first-order valence-corrected chi connectivity index (χ1v) is 7.85. The van der Waals surface area contributed by atoms with Gasteiger partial charge in [0.25, 0.3) is 5.91 Å². The van der Waals surface area contributed by atoms with Crippen LogP contribution in [-0.4, -0.2) is 35.7 Å². The standard InChI is InChI=1S/C14H11ClF3N3O3S/c15-11-7-2-1-6(14(16,17)18)3-8(7)25-12(11)13(24)21(4-9(19)22)5-10(20)23/h1-3H,4-5H2,(H2,19,22)(H2,20,23). The summed E-state index contributed by atoms with van der Waals surface area (Å²) >= 11 is 6.80. The van der Waals surface area contributed by atoms with Gasteiger partial charge in [0.15, 0.2) is 0 Å². The molecule has 4 N–H and O–H groups in total. The molecule has 0 saturated carbocycles. The van der Waals surface area contributed by atoms with E-state index in [9.17, 15) is 27.6 Å². The Kier molecular flexibility index (Phi) is 5.23. The van der Waals surface area contributed by atoms with Crippen LogP contribution in [0.1, 0.15) is 15.2 Å². The number of thiophene rings is 1. The normalized spacial score (nSPS) is 11.5. The second-order valence-corrected chi connectivity index (χ2v) is 6.48. The topological polar surface area (TPSA) is 106 Å². The molecule has 25 heavy (non-hydrogen) atoms. The second kappa shape index (κ2) is 6.89. The van der Waals surface area contributed by atoms with Crippen molar-refractivity contribution in [1.82, 2.24) is 4.90 Å². The lowest BCUT2D eigenvalue weighted by Crippen LogP contribution is -2.43. The summed E-state index contributed by atoms with van der Waals surface area (Å²) in [4.78, 5) is 35.3. The van der Waals surface area contributed by atoms with E-state index < -0.39 is 42.6 Å². The summed E-state index contributed by atoms with van der Waals surface area (Å²) in [6, 6.07) is 2.87. The molecule has 0 atom stereocenters. The molecule has 0 bridgehead atoms. The Morgan fingerprint density at radius 1 is 1.12 bits per heavy atom. The van der Waals surface area contributed by atoms with Crippen molar-refractivity contribution in [1.29, 1.82) is 0 Å². The maximum atomic E-state index is 12.8. The third kappa shape index (κ3) is 4.20. The lowest BCUT2D eigenvalue weighted by molar-refractivity contribution is -0.137. The number of halogens is 4. The van der Waals surface area contributed by atoms with Crippen molar-refractivity contribution in [2.24, 2.45) is 11.5 Å². The smallest absolute Gasteiger partial charge is 0.368 e. The number of amides is 3. The Labute approximate surface area is 148 Å². The van der Waals surface area contributed by atoms with Crippen LogP contribution in [0.5, 0.6) is 0 Å². The molecule has 6 nitrogen and oxygen atoms in total. The van der Waals surface area contributed by atoms with E-state index in [1.807, 2.05) is 0 Å². The molecule has 3 amide bonds. The van der Waals surface area contributed by atoms with Crippen molar-refractivity contribution >= 4 is 50.7 Å². The lowest BCUT2D eigenvalue weighted by atomic mass is 10.1. The van der Waals surface area contributed by atoms with Gasteiger partial charge in [0, 0.05) is 10.1 Å². The Morgan fingerprint density at radius 2 is 1.68 bits per heavy atom. The summed E-state index contributed by atoms with van der Waals surface area (Å²) in [5.74, 6) is -2.59. The van der Waals surface area contributed by atoms with Crippen molar-refractivity contribution in [3.05, 3.63) is 33.7 Å². The molecule has 2 aromatic rings. The van der Waals surface area contributed by atoms with Crippen LogP contribution in [0.4, 0.5) is 13.2 Å². The van der Waals surface area contributed by atoms with Crippen LogP contribution in [0.2, 0.25) is 5.02 Å². The van der Waals surface area contributed by atoms with Gasteiger partial charge in [-0.15, -0.1) is 11.3 Å². The minimum absolute atomic E-state index is 0.0716. The number of benzene rings is 1. The van der Waals surface area contributed by atoms with Crippen molar-refractivity contribution < 1.29 is 27.6 Å². The predicted molar refractivity (Wildman–Crippen MR) is 86.1 cm³/mol. The van der Waals surface area contributed by atoms with Crippen molar-refractivity contribution in [2.75, 3.05) is 13.1 Å². The molecule has 0 aliphatic carbocycles. The summed E-state index contributed by atoms with van der Waals surface area (Å²) in [7, 11) is 0. The molecule has 1 heterocycles. The highest BCUT2D eigenvalue weighted by atomic mass is 35.5. The van der Waals surface area contributed by atoms with Gasteiger partial charge in [-0.25, -0.2) is 0 Å². The third-order valence-corrected chi connectivity index (χ3v) is 4.78. The van der Waals surface area contributed by atoms with Gasteiger partial charge in [0.2, 0.25) is 11.8 Å². The summed E-state index contributed by atoms with van der Waals surface area (Å²) in [6.45, 7) is -1.17. The van der Waals surface area contributed by atoms with E-state index in [0.29, 0.717) is 0 Å². The number of hydrogen-bond donors (Lipinski definition) is 2. The number of fused-ring (bicyclic) bond motifs is 1. The zero-order valence-electron chi connectivity index (χ0n) is 12.4. The van der Waals surface area contributed by atoms with E-state index in [-0.39, 0.29) is 20.0 Å². The summed E-state index contributed by atoms with van der Waals surface area (Å²) in [5, 5.41) is 0.179. The molecular formula is C14H11ClF3N3O3S. The van der Waals surface area contributed by atoms with E-state index in [1.54, 1.807) is 0 Å². The maximum absolute atomic E-state index is 12.8. The summed E-state index contributed by atoms with van der Waals surface area (Å²) in [5.41, 5.74) is 9.17. The van der Waals surface area contributed by atoms with Crippen LogP contribution >= 0.6 is 22.9 Å². The van der Waals surface area contributed by atoms with E-state index in [2.05, 4.69) is 0 Å². The van der Waals surface area contributed by atoms with Gasteiger partial charge in [-0.1, -0.05) is 17.7 Å². The molecule has 0 unspecified atom stereocenters. The van der Waals surface area contributed by atoms with Crippen LogP contribution in [0.3, 0.4) is 0 Å². The second-order valence-electron chi connectivity index (χ2n) is 5.05. The molecule has 1 aromatic heterocycles. The Bertz CT molecular complexity index is 850. The number of carbonyl (C=O) groups excluding carboxylic acids is 3. The average Bonchev–Trinajstić information content (AvgIpc) is 2.80. The van der Waals surface area contributed by atoms with Crippen LogP contribution in [0, 0.1) is 0 Å². The largest absolute Gasteiger partial charge is 0.416 e. The monoisotopic (exact) mass is 393 g/mol. The number of carbonyl (C=O) groups is 3. The van der Waals surface area contributed by atoms with E-state index in [1.165, 1.54) is 0 Å². The fraction of sp³-hybridized carbons (Fsp3) is 0.214. The first kappa shape index (κ1) is 19.0. The number of hydrogen-bond acceptors (Lipinski definition) is 4. The van der Waals surface area contributed by atoms with Gasteiger partial charge in [-0.05, 0) is 12.1 Å². The van der Waals surface area contributed by atoms with Crippen LogP contribution in [0.25, 0.3) is 10.1 Å². The molecule has 0 saturated heterocycles. The molecule has 0 fully saturated rings. The first-order valence-electron chi connectivity index (χ1n) is 6.66. The molecule has 0 aliphatic rings. The molecule has 2 rings (SSSR count). The zero-order valence-corrected chi connectivity index (χ0v) is 14.0. The fourth-order valence-electron chi connectivity index (χ4n) is 2.10. The van der Waals surface area contributed by atoms with E-state index >= 15 is 0 Å². The molecule has 1 aromatic carbocycles. The van der Waals surface area contributed by atoms with E-state index in [4.69, 9.17) is 23.1 Å². The van der Waals surface area contributed by atoms with Gasteiger partial charge in [0.05, 0.1) is 10.6 Å². The Hall–Kier alpha value is -2.33. The van der Waals surface area contributed by atoms with Crippen molar-refractivity contribution in [3.8, 4) is 0 Å². The Morgan fingerprint density at radius 3 is 2.16 bits per heavy atom. The molecule has 0 aliphatic heterocycles. The highest BCUT2D eigenvalue weighted by Gasteiger charge is 2.32.